The topological polar surface area (TPSA) is 86.3 Å². The Labute approximate surface area is 217 Å². The summed E-state index contributed by atoms with van der Waals surface area (Å²) in [6.45, 7) is 0.188. The molecule has 1 aromatic carbocycles. The summed E-state index contributed by atoms with van der Waals surface area (Å²) in [5.74, 6) is -0.172. The van der Waals surface area contributed by atoms with Crippen LogP contribution in [-0.4, -0.2) is 43.9 Å². The van der Waals surface area contributed by atoms with E-state index in [-0.39, 0.29) is 42.5 Å². The van der Waals surface area contributed by atoms with Gasteiger partial charge in [-0.15, -0.1) is 0 Å². The molecule has 4 aromatic rings. The van der Waals surface area contributed by atoms with Gasteiger partial charge in [0.2, 0.25) is 0 Å². The summed E-state index contributed by atoms with van der Waals surface area (Å²) in [5, 5.41) is 10.0. The van der Waals surface area contributed by atoms with E-state index in [9.17, 15) is 31.1 Å². The first-order valence-corrected chi connectivity index (χ1v) is 12.0. The largest absolute Gasteiger partial charge is 0.497 e. The number of fused-ring (bicyclic) bond motifs is 1. The number of benzene rings is 1. The van der Waals surface area contributed by atoms with Crippen molar-refractivity contribution in [1.82, 2.24) is 29.7 Å². The number of aromatic nitrogens is 5. The summed E-state index contributed by atoms with van der Waals surface area (Å²) < 4.78 is 87.6. The number of alkyl halides is 6. The number of hydrogen-bond donors (Lipinski definition) is 1. The van der Waals surface area contributed by atoms with E-state index in [1.54, 1.807) is 24.3 Å². The molecule has 0 bridgehead atoms. The molecule has 0 radical (unpaired) electrons. The van der Waals surface area contributed by atoms with Crippen LogP contribution in [0.15, 0.2) is 42.5 Å². The molecule has 1 N–H and O–H groups in total. The molecule has 8 nitrogen and oxygen atoms in total. The Balaban J connectivity index is 1.31. The van der Waals surface area contributed by atoms with Gasteiger partial charge in [0, 0.05) is 36.3 Å². The smallest absolute Gasteiger partial charge is 0.435 e. The first-order chi connectivity index (χ1) is 18.4. The monoisotopic (exact) mass is 552 g/mol. The van der Waals surface area contributed by atoms with Crippen LogP contribution < -0.4 is 10.1 Å². The summed E-state index contributed by atoms with van der Waals surface area (Å²) in [6, 6.07) is 9.35. The maximum absolute atomic E-state index is 13.8. The van der Waals surface area contributed by atoms with Gasteiger partial charge in [-0.1, -0.05) is 0 Å². The Morgan fingerprint density at radius 1 is 1.03 bits per heavy atom. The molecule has 1 aliphatic rings. The van der Waals surface area contributed by atoms with Gasteiger partial charge < -0.3 is 10.1 Å². The first kappa shape index (κ1) is 26.5. The third-order valence-electron chi connectivity index (χ3n) is 6.27. The highest BCUT2D eigenvalue weighted by molar-refractivity contribution is 5.93. The van der Waals surface area contributed by atoms with E-state index < -0.39 is 29.6 Å². The molecular weight excluding hydrogens is 530 g/mol. The van der Waals surface area contributed by atoms with Gasteiger partial charge in [-0.25, -0.2) is 9.50 Å². The highest BCUT2D eigenvalue weighted by atomic mass is 19.4. The van der Waals surface area contributed by atoms with Crippen LogP contribution >= 0.6 is 0 Å². The number of hydrogen-bond acceptors (Lipinski definition) is 5. The van der Waals surface area contributed by atoms with Crippen LogP contribution in [0.3, 0.4) is 0 Å². The number of amides is 1. The zero-order chi connectivity index (χ0) is 27.9. The average molecular weight is 552 g/mol. The van der Waals surface area contributed by atoms with Gasteiger partial charge in [-0.3, -0.25) is 9.48 Å². The number of carbonyl (C=O) groups excluding carboxylic acids is 1. The first-order valence-electron chi connectivity index (χ1n) is 12.0. The Morgan fingerprint density at radius 2 is 1.74 bits per heavy atom. The zero-order valence-corrected chi connectivity index (χ0v) is 20.5. The Bertz CT molecular complexity index is 1500. The lowest BCUT2D eigenvalue weighted by molar-refractivity contribution is -0.143. The van der Waals surface area contributed by atoms with Crippen molar-refractivity contribution in [3.63, 3.8) is 0 Å². The van der Waals surface area contributed by atoms with Crippen molar-refractivity contribution in [2.75, 3.05) is 13.7 Å². The van der Waals surface area contributed by atoms with Gasteiger partial charge in [0.05, 0.1) is 12.8 Å². The molecule has 1 amide bonds. The standard InChI is InChI=1S/C25H22F6N6O2/c1-39-16-7-5-14(6-8-16)17-11-21(25(29,30)31)37-22(33-17)12-18(34-37)23(38)32-9-2-10-36-19(15-3-4-15)13-20(35-36)24(26,27)28/h5-8,11-13,15H,2-4,9-10H2,1H3,(H,32,38). The summed E-state index contributed by atoms with van der Waals surface area (Å²) in [4.78, 5) is 16.9. The highest BCUT2D eigenvalue weighted by Gasteiger charge is 2.38. The molecule has 0 spiro atoms. The van der Waals surface area contributed by atoms with E-state index in [0.717, 1.165) is 31.0 Å². The fraction of sp³-hybridized carbons (Fsp3) is 0.360. The van der Waals surface area contributed by atoms with E-state index >= 15 is 0 Å². The number of nitrogens with one attached hydrogen (secondary N) is 1. The lowest BCUT2D eigenvalue weighted by Crippen LogP contribution is -2.26. The van der Waals surface area contributed by atoms with Crippen molar-refractivity contribution in [2.45, 2.75) is 44.1 Å². The normalized spacial score (nSPS) is 14.1. The van der Waals surface area contributed by atoms with Crippen molar-refractivity contribution in [1.29, 1.82) is 0 Å². The van der Waals surface area contributed by atoms with Gasteiger partial charge in [-0.05, 0) is 55.7 Å². The van der Waals surface area contributed by atoms with Crippen molar-refractivity contribution in [2.24, 2.45) is 0 Å². The summed E-state index contributed by atoms with van der Waals surface area (Å²) >= 11 is 0. The maximum atomic E-state index is 13.8. The van der Waals surface area contributed by atoms with Crippen molar-refractivity contribution in [3.8, 4) is 17.0 Å². The van der Waals surface area contributed by atoms with E-state index in [0.29, 0.717) is 21.5 Å². The van der Waals surface area contributed by atoms with Crippen LogP contribution in [0.4, 0.5) is 26.3 Å². The number of halogens is 6. The molecule has 0 unspecified atom stereocenters. The number of aryl methyl sites for hydroxylation is 1. The Kier molecular flexibility index (Phi) is 6.72. The van der Waals surface area contributed by atoms with Crippen LogP contribution in [0.25, 0.3) is 16.9 Å². The number of ether oxygens (including phenoxy) is 1. The van der Waals surface area contributed by atoms with Crippen molar-refractivity contribution in [3.05, 3.63) is 65.2 Å². The minimum absolute atomic E-state index is 0.0354. The highest BCUT2D eigenvalue weighted by Crippen LogP contribution is 2.42. The molecule has 1 saturated carbocycles. The second-order valence-electron chi connectivity index (χ2n) is 9.11. The second-order valence-corrected chi connectivity index (χ2v) is 9.11. The molecule has 206 valence electrons. The maximum Gasteiger partial charge on any atom is 0.435 e. The molecule has 0 saturated heterocycles. The van der Waals surface area contributed by atoms with E-state index in [1.165, 1.54) is 11.8 Å². The molecule has 5 rings (SSSR count). The fourth-order valence-electron chi connectivity index (χ4n) is 4.17. The second kappa shape index (κ2) is 9.89. The van der Waals surface area contributed by atoms with Gasteiger partial charge in [0.25, 0.3) is 5.91 Å². The number of rotatable bonds is 8. The lowest BCUT2D eigenvalue weighted by atomic mass is 10.1. The third kappa shape index (κ3) is 5.68. The predicted octanol–water partition coefficient (Wildman–Crippen LogP) is 5.34. The van der Waals surface area contributed by atoms with Crippen LogP contribution in [0, 0.1) is 0 Å². The summed E-state index contributed by atoms with van der Waals surface area (Å²) in [6.07, 6.45) is -7.49. The summed E-state index contributed by atoms with van der Waals surface area (Å²) in [5.41, 5.74) is -1.57. The molecule has 39 heavy (non-hydrogen) atoms. The predicted molar refractivity (Wildman–Crippen MR) is 126 cm³/mol. The lowest BCUT2D eigenvalue weighted by Gasteiger charge is -2.11. The Hall–Kier alpha value is -4.10. The molecule has 3 aromatic heterocycles. The zero-order valence-electron chi connectivity index (χ0n) is 20.5. The van der Waals surface area contributed by atoms with Crippen LogP contribution in [0.5, 0.6) is 5.75 Å². The van der Waals surface area contributed by atoms with Gasteiger partial charge in [-0.2, -0.15) is 36.5 Å². The minimum atomic E-state index is -4.78. The van der Waals surface area contributed by atoms with Crippen LogP contribution in [-0.2, 0) is 18.9 Å². The Morgan fingerprint density at radius 3 is 2.36 bits per heavy atom. The number of carbonyl (C=O) groups is 1. The molecule has 14 heteroatoms. The van der Waals surface area contributed by atoms with E-state index in [2.05, 4.69) is 20.5 Å². The minimum Gasteiger partial charge on any atom is -0.497 e. The molecule has 3 heterocycles. The average Bonchev–Trinajstić information content (AvgIpc) is 3.48. The third-order valence-corrected chi connectivity index (χ3v) is 6.27. The molecule has 1 aliphatic carbocycles. The SMILES string of the molecule is COc1ccc(-c2cc(C(F)(F)F)n3nc(C(=O)NCCCn4nc(C(F)(F)F)cc4C4CC4)cc3n2)cc1. The van der Waals surface area contributed by atoms with Crippen LogP contribution in [0.2, 0.25) is 0 Å². The van der Waals surface area contributed by atoms with Gasteiger partial charge in [0.15, 0.2) is 22.7 Å². The van der Waals surface area contributed by atoms with Gasteiger partial charge >= 0.3 is 12.4 Å². The molecular formula is C25H22F6N6O2. The summed E-state index contributed by atoms with van der Waals surface area (Å²) in [7, 11) is 1.46. The van der Waals surface area contributed by atoms with Crippen molar-refractivity contribution < 1.29 is 35.9 Å². The van der Waals surface area contributed by atoms with E-state index in [1.807, 2.05) is 0 Å². The fourth-order valence-corrected chi connectivity index (χ4v) is 4.17. The molecule has 1 fully saturated rings. The number of nitrogens with zero attached hydrogens (tertiary/aromatic N) is 5. The quantitative estimate of drug-likeness (QED) is 0.236. The van der Waals surface area contributed by atoms with Gasteiger partial charge in [0.1, 0.15) is 5.75 Å². The van der Waals surface area contributed by atoms with Crippen LogP contribution in [0.1, 0.15) is 52.8 Å². The molecule has 0 atom stereocenters. The number of methoxy groups -OCH3 is 1. The molecule has 0 aliphatic heterocycles. The van der Waals surface area contributed by atoms with E-state index in [4.69, 9.17) is 4.74 Å². The van der Waals surface area contributed by atoms with Crippen molar-refractivity contribution >= 4 is 11.6 Å².